The molecule has 19 heavy (non-hydrogen) atoms. The molecule has 1 rings (SSSR count). The van der Waals surface area contributed by atoms with Gasteiger partial charge in [-0.25, -0.2) is 0 Å². The Balaban J connectivity index is 2.61. The Bertz CT molecular complexity index is 460. The number of non-ortho nitro benzene ring substituents is 1. The lowest BCUT2D eigenvalue weighted by molar-refractivity contribution is -0.384. The van der Waals surface area contributed by atoms with E-state index in [0.29, 0.717) is 6.54 Å². The van der Waals surface area contributed by atoms with Gasteiger partial charge in [-0.15, -0.1) is 0 Å². The lowest BCUT2D eigenvalue weighted by Gasteiger charge is -2.06. The molecule has 0 aliphatic carbocycles. The maximum atomic E-state index is 11.8. The number of hydrogen-bond acceptors (Lipinski definition) is 4. The normalized spacial score (nSPS) is 10.2. The molecule has 0 atom stereocenters. The molecule has 1 aromatic rings. The summed E-state index contributed by atoms with van der Waals surface area (Å²) in [5, 5.41) is 22.8. The number of nitro benzene ring substituents is 1. The van der Waals surface area contributed by atoms with Gasteiger partial charge in [0.2, 0.25) is 0 Å². The molecule has 104 valence electrons. The summed E-state index contributed by atoms with van der Waals surface area (Å²) >= 11 is 0. The zero-order valence-electron chi connectivity index (χ0n) is 10.9. The summed E-state index contributed by atoms with van der Waals surface area (Å²) < 4.78 is 0. The Morgan fingerprint density at radius 3 is 2.74 bits per heavy atom. The molecule has 2 N–H and O–H groups in total. The fourth-order valence-corrected chi connectivity index (χ4v) is 1.67. The molecule has 0 fully saturated rings. The first-order chi connectivity index (χ1) is 9.06. The Morgan fingerprint density at radius 1 is 1.37 bits per heavy atom. The molecule has 0 aliphatic heterocycles. The predicted molar refractivity (Wildman–Crippen MR) is 71.2 cm³/mol. The summed E-state index contributed by atoms with van der Waals surface area (Å²) in [6.07, 6.45) is 4.10. The standard InChI is InChI=1S/C13H18N2O4/c1-2-3-4-5-8-14-13(17)11-9-10(15(18)19)6-7-12(11)16/h6-7,9,16H,2-5,8H2,1H3,(H,14,17). The molecule has 0 aliphatic rings. The van der Waals surface area contributed by atoms with Gasteiger partial charge in [0.1, 0.15) is 5.75 Å². The molecule has 1 aromatic carbocycles. The van der Waals surface area contributed by atoms with Gasteiger partial charge in [0.05, 0.1) is 10.5 Å². The molecule has 0 saturated heterocycles. The van der Waals surface area contributed by atoms with Crippen molar-refractivity contribution < 1.29 is 14.8 Å². The zero-order valence-corrected chi connectivity index (χ0v) is 10.9. The highest BCUT2D eigenvalue weighted by atomic mass is 16.6. The highest BCUT2D eigenvalue weighted by Crippen LogP contribution is 2.22. The third-order valence-corrected chi connectivity index (χ3v) is 2.75. The topological polar surface area (TPSA) is 92.5 Å². The van der Waals surface area contributed by atoms with E-state index < -0.39 is 10.8 Å². The number of aromatic hydroxyl groups is 1. The Hall–Kier alpha value is -2.11. The van der Waals surface area contributed by atoms with Gasteiger partial charge >= 0.3 is 0 Å². The maximum absolute atomic E-state index is 11.8. The van der Waals surface area contributed by atoms with E-state index in [9.17, 15) is 20.0 Å². The first-order valence-corrected chi connectivity index (χ1v) is 6.32. The maximum Gasteiger partial charge on any atom is 0.270 e. The Kier molecular flexibility index (Phi) is 5.78. The van der Waals surface area contributed by atoms with E-state index >= 15 is 0 Å². The number of nitro groups is 1. The minimum absolute atomic E-state index is 0.0651. The first kappa shape index (κ1) is 14.9. The van der Waals surface area contributed by atoms with E-state index in [1.807, 2.05) is 0 Å². The van der Waals surface area contributed by atoms with E-state index in [1.165, 1.54) is 0 Å². The second-order valence-electron chi connectivity index (χ2n) is 4.28. The van der Waals surface area contributed by atoms with E-state index in [2.05, 4.69) is 12.2 Å². The molecular formula is C13H18N2O4. The molecule has 0 spiro atoms. The number of nitrogens with one attached hydrogen (secondary N) is 1. The summed E-state index contributed by atoms with van der Waals surface area (Å²) in [6, 6.07) is 3.40. The van der Waals surface area contributed by atoms with Crippen molar-refractivity contribution in [2.75, 3.05) is 6.54 Å². The summed E-state index contributed by atoms with van der Waals surface area (Å²) in [5.41, 5.74) is -0.279. The number of nitrogens with zero attached hydrogens (tertiary/aromatic N) is 1. The van der Waals surface area contributed by atoms with Gasteiger partial charge in [0, 0.05) is 18.7 Å². The van der Waals surface area contributed by atoms with Crippen molar-refractivity contribution in [3.05, 3.63) is 33.9 Å². The van der Waals surface area contributed by atoms with E-state index in [-0.39, 0.29) is 17.0 Å². The van der Waals surface area contributed by atoms with Crippen molar-refractivity contribution >= 4 is 11.6 Å². The molecule has 0 aromatic heterocycles. The Morgan fingerprint density at radius 2 is 2.11 bits per heavy atom. The number of phenols is 1. The monoisotopic (exact) mass is 266 g/mol. The fraction of sp³-hybridized carbons (Fsp3) is 0.462. The van der Waals surface area contributed by atoms with Crippen LogP contribution in [0.3, 0.4) is 0 Å². The van der Waals surface area contributed by atoms with Crippen molar-refractivity contribution in [2.45, 2.75) is 32.6 Å². The van der Waals surface area contributed by atoms with Crippen molar-refractivity contribution in [2.24, 2.45) is 0 Å². The lowest BCUT2D eigenvalue weighted by Crippen LogP contribution is -2.24. The first-order valence-electron chi connectivity index (χ1n) is 6.32. The fourth-order valence-electron chi connectivity index (χ4n) is 1.67. The van der Waals surface area contributed by atoms with Crippen LogP contribution in [0, 0.1) is 10.1 Å². The number of hydrogen-bond donors (Lipinski definition) is 2. The van der Waals surface area contributed by atoms with Gasteiger partial charge in [0.25, 0.3) is 11.6 Å². The summed E-state index contributed by atoms with van der Waals surface area (Å²) in [6.45, 7) is 2.60. The molecule has 6 nitrogen and oxygen atoms in total. The molecule has 0 unspecified atom stereocenters. The molecule has 0 heterocycles. The van der Waals surface area contributed by atoms with Crippen molar-refractivity contribution in [3.8, 4) is 5.75 Å². The minimum atomic E-state index is -0.600. The number of carbonyl (C=O) groups is 1. The zero-order chi connectivity index (χ0) is 14.3. The van der Waals surface area contributed by atoms with Crippen molar-refractivity contribution in [1.29, 1.82) is 0 Å². The number of amides is 1. The predicted octanol–water partition coefficient (Wildman–Crippen LogP) is 2.61. The molecule has 6 heteroatoms. The van der Waals surface area contributed by atoms with Crippen LogP contribution in [0.1, 0.15) is 43.0 Å². The lowest BCUT2D eigenvalue weighted by atomic mass is 10.1. The van der Waals surface area contributed by atoms with Crippen LogP contribution < -0.4 is 5.32 Å². The molecule has 1 amide bonds. The third kappa shape index (κ3) is 4.57. The van der Waals surface area contributed by atoms with Gasteiger partial charge in [-0.1, -0.05) is 26.2 Å². The largest absolute Gasteiger partial charge is 0.507 e. The van der Waals surface area contributed by atoms with Crippen LogP contribution in [0.25, 0.3) is 0 Å². The van der Waals surface area contributed by atoms with Crippen LogP contribution >= 0.6 is 0 Å². The number of phenolic OH excluding ortho intramolecular Hbond substituents is 1. The van der Waals surface area contributed by atoms with Gasteiger partial charge in [-0.2, -0.15) is 0 Å². The van der Waals surface area contributed by atoms with Crippen LogP contribution in [0.4, 0.5) is 5.69 Å². The molecule has 0 saturated carbocycles. The second kappa shape index (κ2) is 7.35. The SMILES string of the molecule is CCCCCCNC(=O)c1cc([N+](=O)[O-])ccc1O. The highest BCUT2D eigenvalue weighted by molar-refractivity contribution is 5.97. The number of benzene rings is 1. The van der Waals surface area contributed by atoms with Gasteiger partial charge in [-0.05, 0) is 12.5 Å². The van der Waals surface area contributed by atoms with Gasteiger partial charge < -0.3 is 10.4 Å². The molecule has 0 bridgehead atoms. The van der Waals surface area contributed by atoms with Crippen molar-refractivity contribution in [1.82, 2.24) is 5.32 Å². The highest BCUT2D eigenvalue weighted by Gasteiger charge is 2.15. The quantitative estimate of drug-likeness (QED) is 0.450. The van der Waals surface area contributed by atoms with Crippen LogP contribution in [-0.4, -0.2) is 22.5 Å². The average molecular weight is 266 g/mol. The number of carbonyl (C=O) groups excluding carboxylic acids is 1. The van der Waals surface area contributed by atoms with Crippen LogP contribution in [-0.2, 0) is 0 Å². The van der Waals surface area contributed by atoms with Crippen LogP contribution in [0.5, 0.6) is 5.75 Å². The summed E-state index contributed by atoms with van der Waals surface area (Å²) in [7, 11) is 0. The summed E-state index contributed by atoms with van der Waals surface area (Å²) in [4.78, 5) is 21.8. The van der Waals surface area contributed by atoms with E-state index in [0.717, 1.165) is 43.9 Å². The van der Waals surface area contributed by atoms with Crippen LogP contribution in [0.15, 0.2) is 18.2 Å². The Labute approximate surface area is 111 Å². The summed E-state index contributed by atoms with van der Waals surface area (Å²) in [5.74, 6) is -0.741. The van der Waals surface area contributed by atoms with Gasteiger partial charge in [-0.3, -0.25) is 14.9 Å². The number of unbranched alkanes of at least 4 members (excludes halogenated alkanes) is 3. The van der Waals surface area contributed by atoms with Gasteiger partial charge in [0.15, 0.2) is 0 Å². The molecular weight excluding hydrogens is 248 g/mol. The minimum Gasteiger partial charge on any atom is -0.507 e. The average Bonchev–Trinajstić information content (AvgIpc) is 2.38. The smallest absolute Gasteiger partial charge is 0.270 e. The van der Waals surface area contributed by atoms with E-state index in [4.69, 9.17) is 0 Å². The second-order valence-corrected chi connectivity index (χ2v) is 4.28. The van der Waals surface area contributed by atoms with Crippen LogP contribution in [0.2, 0.25) is 0 Å². The number of rotatable bonds is 7. The van der Waals surface area contributed by atoms with E-state index in [1.54, 1.807) is 0 Å². The molecule has 0 radical (unpaired) electrons. The van der Waals surface area contributed by atoms with Crippen molar-refractivity contribution in [3.63, 3.8) is 0 Å². The third-order valence-electron chi connectivity index (χ3n) is 2.75.